The van der Waals surface area contributed by atoms with Crippen molar-refractivity contribution in [3.63, 3.8) is 0 Å². The van der Waals surface area contributed by atoms with E-state index in [1.54, 1.807) is 27.7 Å². The highest BCUT2D eigenvalue weighted by atomic mass is 19.4. The van der Waals surface area contributed by atoms with Crippen LogP contribution in [0.4, 0.5) is 18.0 Å². The van der Waals surface area contributed by atoms with Gasteiger partial charge >= 0.3 is 18.2 Å². The first-order valence-corrected chi connectivity index (χ1v) is 14.4. The molecular weight excluding hydrogens is 627 g/mol. The number of carbonyl (C=O) groups is 6. The molecule has 0 saturated carbocycles. The molecule has 0 radical (unpaired) electrons. The fourth-order valence-electron chi connectivity index (χ4n) is 4.12. The number of carboxylic acids is 1. The van der Waals surface area contributed by atoms with Crippen molar-refractivity contribution in [1.82, 2.24) is 26.2 Å². The third kappa shape index (κ3) is 13.4. The summed E-state index contributed by atoms with van der Waals surface area (Å²) in [5, 5.41) is 17.6. The molecule has 16 heteroatoms. The zero-order chi connectivity index (χ0) is 35.4. The van der Waals surface area contributed by atoms with Gasteiger partial charge in [-0.25, -0.2) is 9.59 Å². The molecule has 1 saturated heterocycles. The lowest BCUT2D eigenvalue weighted by molar-refractivity contribution is -0.192. The molecule has 13 nitrogen and oxygen atoms in total. The van der Waals surface area contributed by atoms with Gasteiger partial charge in [-0.15, -0.1) is 0 Å². The number of hydrogen-bond acceptors (Lipinski definition) is 7. The highest BCUT2D eigenvalue weighted by Crippen LogP contribution is 2.17. The van der Waals surface area contributed by atoms with Gasteiger partial charge in [-0.05, 0) is 38.8 Å². The Labute approximate surface area is 269 Å². The maximum absolute atomic E-state index is 13.5. The highest BCUT2D eigenvalue weighted by molar-refractivity contribution is 6.00. The lowest BCUT2D eigenvalue weighted by Crippen LogP contribution is -2.66. The largest absolute Gasteiger partial charge is 0.490 e. The predicted molar refractivity (Wildman–Crippen MR) is 161 cm³/mol. The molecule has 2 aromatic rings. The van der Waals surface area contributed by atoms with Gasteiger partial charge in [0.25, 0.3) is 0 Å². The first kappa shape index (κ1) is 38.0. The van der Waals surface area contributed by atoms with E-state index in [4.69, 9.17) is 14.6 Å². The van der Waals surface area contributed by atoms with Crippen molar-refractivity contribution in [2.45, 2.75) is 77.1 Å². The molecule has 2 aromatic carbocycles. The monoisotopic (exact) mass is 665 g/mol. The van der Waals surface area contributed by atoms with Crippen LogP contribution in [-0.4, -0.2) is 82.1 Å². The summed E-state index contributed by atoms with van der Waals surface area (Å²) >= 11 is 0. The molecule has 3 rings (SSSR count). The molecule has 1 aliphatic heterocycles. The Morgan fingerprint density at radius 1 is 0.936 bits per heavy atom. The molecule has 0 spiro atoms. The van der Waals surface area contributed by atoms with Gasteiger partial charge in [-0.3, -0.25) is 19.2 Å². The van der Waals surface area contributed by atoms with Crippen molar-refractivity contribution in [2.75, 3.05) is 6.54 Å². The third-order valence-electron chi connectivity index (χ3n) is 6.32. The number of nitrogens with one attached hydrogen (secondary N) is 4. The first-order chi connectivity index (χ1) is 21.9. The van der Waals surface area contributed by atoms with Gasteiger partial charge in [0.05, 0.1) is 13.0 Å². The lowest BCUT2D eigenvalue weighted by atomic mass is 10.0. The van der Waals surface area contributed by atoms with E-state index < -0.39 is 59.7 Å². The molecule has 1 fully saturated rings. The second-order valence-electron chi connectivity index (χ2n) is 11.4. The van der Waals surface area contributed by atoms with Crippen LogP contribution in [0.2, 0.25) is 0 Å². The molecule has 0 aliphatic carbocycles. The molecule has 0 bridgehead atoms. The van der Waals surface area contributed by atoms with Crippen molar-refractivity contribution < 1.29 is 51.8 Å². The smallest absolute Gasteiger partial charge is 0.475 e. The number of aliphatic carboxylic acids is 1. The number of piperazine rings is 1. The van der Waals surface area contributed by atoms with Crippen molar-refractivity contribution >= 4 is 35.7 Å². The van der Waals surface area contributed by atoms with Crippen LogP contribution in [0.1, 0.15) is 45.2 Å². The van der Waals surface area contributed by atoms with Crippen LogP contribution >= 0.6 is 0 Å². The average molecular weight is 666 g/mol. The quantitative estimate of drug-likeness (QED) is 0.256. The van der Waals surface area contributed by atoms with Gasteiger partial charge in [0.15, 0.2) is 0 Å². The van der Waals surface area contributed by atoms with Crippen LogP contribution in [-0.2, 0) is 41.8 Å². The van der Waals surface area contributed by atoms with Gasteiger partial charge in [-0.2, -0.15) is 13.2 Å². The maximum atomic E-state index is 13.5. The second-order valence-corrected chi connectivity index (χ2v) is 11.4. The van der Waals surface area contributed by atoms with E-state index in [1.807, 2.05) is 60.7 Å². The summed E-state index contributed by atoms with van der Waals surface area (Å²) in [6.45, 7) is 6.93. The minimum absolute atomic E-state index is 0.101. The molecule has 5 N–H and O–H groups in total. The van der Waals surface area contributed by atoms with Crippen LogP contribution in [0.15, 0.2) is 60.7 Å². The number of nitrogens with zero attached hydrogens (tertiary/aromatic N) is 1. The molecule has 5 amide bonds. The fourth-order valence-corrected chi connectivity index (χ4v) is 4.12. The topological polar surface area (TPSA) is 183 Å². The Hall–Kier alpha value is -5.15. The Morgan fingerprint density at radius 2 is 1.47 bits per heavy atom. The molecule has 0 unspecified atom stereocenters. The number of ether oxygens (including phenoxy) is 1. The van der Waals surface area contributed by atoms with Gasteiger partial charge in [0.1, 0.15) is 23.7 Å². The van der Waals surface area contributed by atoms with E-state index in [1.165, 1.54) is 4.90 Å². The Kier molecular flexibility index (Phi) is 13.7. The summed E-state index contributed by atoms with van der Waals surface area (Å²) in [6.07, 6.45) is -6.15. The minimum atomic E-state index is -5.08. The average Bonchev–Trinajstić information content (AvgIpc) is 2.98. The number of hydrogen-bond donors (Lipinski definition) is 5. The van der Waals surface area contributed by atoms with Crippen LogP contribution in [0.3, 0.4) is 0 Å². The zero-order valence-corrected chi connectivity index (χ0v) is 26.2. The van der Waals surface area contributed by atoms with Crippen LogP contribution < -0.4 is 21.3 Å². The molecule has 1 heterocycles. The summed E-state index contributed by atoms with van der Waals surface area (Å²) < 4.78 is 37.0. The van der Waals surface area contributed by atoms with Crippen molar-refractivity contribution in [3.05, 3.63) is 71.8 Å². The third-order valence-corrected chi connectivity index (χ3v) is 6.32. The molecule has 1 aliphatic rings. The number of alkyl halides is 3. The van der Waals surface area contributed by atoms with Gasteiger partial charge in [0.2, 0.25) is 23.6 Å². The zero-order valence-electron chi connectivity index (χ0n) is 26.2. The number of carboxylic acid groups (broad SMARTS) is 1. The van der Waals surface area contributed by atoms with Crippen molar-refractivity contribution in [2.24, 2.45) is 0 Å². The van der Waals surface area contributed by atoms with Crippen LogP contribution in [0, 0.1) is 0 Å². The number of alkyl carbamates (subject to hydrolysis) is 1. The Balaban J connectivity index is 0.000000984. The molecule has 3 atom stereocenters. The minimum Gasteiger partial charge on any atom is -0.475 e. The van der Waals surface area contributed by atoms with Gasteiger partial charge < -0.3 is 36.0 Å². The predicted octanol–water partition coefficient (Wildman–Crippen LogP) is 2.25. The Morgan fingerprint density at radius 3 is 1.98 bits per heavy atom. The first-order valence-electron chi connectivity index (χ1n) is 14.4. The van der Waals surface area contributed by atoms with E-state index in [2.05, 4.69) is 21.3 Å². The van der Waals surface area contributed by atoms with E-state index in [9.17, 15) is 37.1 Å². The van der Waals surface area contributed by atoms with E-state index in [0.29, 0.717) is 6.54 Å². The van der Waals surface area contributed by atoms with Crippen molar-refractivity contribution in [3.8, 4) is 0 Å². The van der Waals surface area contributed by atoms with E-state index in [0.717, 1.165) is 11.1 Å². The number of benzene rings is 2. The number of carbonyl (C=O) groups excluding carboxylic acids is 5. The molecule has 256 valence electrons. The Bertz CT molecular complexity index is 1400. The lowest BCUT2D eigenvalue weighted by Gasteiger charge is -2.39. The van der Waals surface area contributed by atoms with Crippen molar-refractivity contribution in [1.29, 1.82) is 0 Å². The van der Waals surface area contributed by atoms with Crippen LogP contribution in [0.5, 0.6) is 0 Å². The summed E-state index contributed by atoms with van der Waals surface area (Å²) in [4.78, 5) is 74.2. The number of rotatable bonds is 10. The standard InChI is InChI=1S/C29H37N5O6.C2HF3O2/c1-19(25(36)30-16-20-11-7-5-8-12-20)32-24(35)15-22-27(38)34(18-21-13-9-6-10-14-21)23(26(37)33-22)17-31-28(39)40-29(2,3)4;3-2(4,5)1(6)7/h5-14,19,22-23H,15-18H2,1-4H3,(H,30,36)(H,31,39)(H,32,35)(H,33,37);(H,6,7)/t19-,22-,23-;/m0./s1. The van der Waals surface area contributed by atoms with Crippen LogP contribution in [0.25, 0.3) is 0 Å². The second kappa shape index (κ2) is 17.0. The molecular formula is C31H38F3N5O8. The summed E-state index contributed by atoms with van der Waals surface area (Å²) in [5.41, 5.74) is 0.964. The fraction of sp³-hybridized carbons (Fsp3) is 0.419. The maximum Gasteiger partial charge on any atom is 0.490 e. The summed E-state index contributed by atoms with van der Waals surface area (Å²) in [6, 6.07) is 15.4. The summed E-state index contributed by atoms with van der Waals surface area (Å²) in [5.74, 6) is -4.69. The van der Waals surface area contributed by atoms with Gasteiger partial charge in [0, 0.05) is 13.1 Å². The van der Waals surface area contributed by atoms with E-state index >= 15 is 0 Å². The number of amides is 5. The molecule has 0 aromatic heterocycles. The highest BCUT2D eigenvalue weighted by Gasteiger charge is 2.42. The summed E-state index contributed by atoms with van der Waals surface area (Å²) in [7, 11) is 0. The molecule has 47 heavy (non-hydrogen) atoms. The van der Waals surface area contributed by atoms with Gasteiger partial charge in [-0.1, -0.05) is 60.7 Å². The number of halogens is 3. The normalized spacial score (nSPS) is 16.9. The SMILES string of the molecule is C[C@H](NC(=O)C[C@@H]1NC(=O)[C@H](CNC(=O)OC(C)(C)C)N(Cc2ccccc2)C1=O)C(=O)NCc1ccccc1.O=C(O)C(F)(F)F. The van der Waals surface area contributed by atoms with E-state index in [-0.39, 0.29) is 25.4 Å².